The minimum absolute atomic E-state index is 0.0303. The van der Waals surface area contributed by atoms with Crippen LogP contribution in [0.1, 0.15) is 36.0 Å². The molecule has 0 radical (unpaired) electrons. The third-order valence-electron chi connectivity index (χ3n) is 3.05. The number of hydrogen-bond donors (Lipinski definition) is 0. The van der Waals surface area contributed by atoms with Gasteiger partial charge in [-0.1, -0.05) is 23.2 Å². The van der Waals surface area contributed by atoms with Crippen LogP contribution < -0.4 is 4.74 Å². The van der Waals surface area contributed by atoms with E-state index in [1.165, 1.54) is 17.5 Å². The molecular formula is C16H18Cl2N2O2S. The topological polar surface area (TPSA) is 42.4 Å². The summed E-state index contributed by atoms with van der Waals surface area (Å²) in [6, 6.07) is 5.35. The third-order valence-corrected chi connectivity index (χ3v) is 4.53. The molecule has 0 unspecified atom stereocenters. The number of ether oxygens (including phenoxy) is 1. The zero-order valence-electron chi connectivity index (χ0n) is 13.2. The summed E-state index contributed by atoms with van der Waals surface area (Å²) in [6.07, 6.45) is 1.47. The van der Waals surface area contributed by atoms with Crippen LogP contribution in [0.3, 0.4) is 0 Å². The van der Waals surface area contributed by atoms with Crippen molar-refractivity contribution < 1.29 is 9.53 Å². The van der Waals surface area contributed by atoms with Crippen molar-refractivity contribution in [1.82, 2.24) is 9.88 Å². The summed E-state index contributed by atoms with van der Waals surface area (Å²) in [6.45, 7) is 6.80. The fraction of sp³-hybridized carbons (Fsp3) is 0.375. The lowest BCUT2D eigenvalue weighted by Crippen LogP contribution is -2.30. The molecule has 0 aliphatic carbocycles. The van der Waals surface area contributed by atoms with E-state index in [1.54, 1.807) is 11.0 Å². The molecule has 0 N–H and O–H groups in total. The summed E-state index contributed by atoms with van der Waals surface area (Å²) in [4.78, 5) is 19.5. The predicted molar refractivity (Wildman–Crippen MR) is 94.8 cm³/mol. The number of amides is 1. The van der Waals surface area contributed by atoms with E-state index in [9.17, 15) is 4.79 Å². The molecule has 2 aromatic rings. The number of rotatable bonds is 6. The van der Waals surface area contributed by atoms with Crippen LogP contribution >= 0.6 is 34.5 Å². The smallest absolute Gasteiger partial charge is 0.255 e. The van der Waals surface area contributed by atoms with Crippen LogP contribution in [0, 0.1) is 0 Å². The van der Waals surface area contributed by atoms with E-state index in [1.807, 2.05) is 32.9 Å². The van der Waals surface area contributed by atoms with E-state index in [4.69, 9.17) is 27.9 Å². The normalized spacial score (nSPS) is 10.9. The number of halogens is 2. The SMILES string of the molecule is CCN(Cc1ccc(Cl)s1)C(=O)c1cnc(OC(C)C)c(Cl)c1. The molecule has 0 saturated heterocycles. The molecule has 1 amide bonds. The van der Waals surface area contributed by atoms with E-state index < -0.39 is 0 Å². The third kappa shape index (κ3) is 4.83. The van der Waals surface area contributed by atoms with Crippen LogP contribution in [0.25, 0.3) is 0 Å². The molecule has 2 rings (SSSR count). The molecule has 7 heteroatoms. The first-order valence-electron chi connectivity index (χ1n) is 7.26. The Hall–Kier alpha value is -1.30. The highest BCUT2D eigenvalue weighted by molar-refractivity contribution is 7.16. The first-order chi connectivity index (χ1) is 10.9. The first kappa shape index (κ1) is 18.0. The minimum atomic E-state index is -0.123. The first-order valence-corrected chi connectivity index (χ1v) is 8.83. The molecule has 0 spiro atoms. The molecule has 0 aromatic carbocycles. The molecule has 2 aromatic heterocycles. The standard InChI is InChI=1S/C16H18Cl2N2O2S/c1-4-20(9-12-5-6-14(18)23-12)16(21)11-7-13(17)15(19-8-11)22-10(2)3/h5-8,10H,4,9H2,1-3H3. The van der Waals surface area contributed by atoms with Crippen LogP contribution in [-0.4, -0.2) is 28.4 Å². The molecule has 0 aliphatic rings. The molecule has 0 bridgehead atoms. The number of pyridine rings is 1. The van der Waals surface area contributed by atoms with Gasteiger partial charge in [0.1, 0.15) is 5.02 Å². The van der Waals surface area contributed by atoms with Crippen LogP contribution in [0.2, 0.25) is 9.36 Å². The van der Waals surface area contributed by atoms with Gasteiger partial charge in [0.2, 0.25) is 5.88 Å². The Kier molecular flexibility index (Phi) is 6.27. The van der Waals surface area contributed by atoms with Crippen molar-refractivity contribution in [1.29, 1.82) is 0 Å². The fourth-order valence-electron chi connectivity index (χ4n) is 1.99. The summed E-state index contributed by atoms with van der Waals surface area (Å²) >= 11 is 13.6. The van der Waals surface area contributed by atoms with Crippen molar-refractivity contribution in [3.05, 3.63) is 44.2 Å². The Morgan fingerprint density at radius 2 is 2.13 bits per heavy atom. The van der Waals surface area contributed by atoms with E-state index in [0.717, 1.165) is 4.88 Å². The maximum atomic E-state index is 12.6. The van der Waals surface area contributed by atoms with Gasteiger partial charge in [0.05, 0.1) is 22.5 Å². The number of carbonyl (C=O) groups excluding carboxylic acids is 1. The number of hydrogen-bond acceptors (Lipinski definition) is 4. The second-order valence-electron chi connectivity index (χ2n) is 5.20. The summed E-state index contributed by atoms with van der Waals surface area (Å²) in [5, 5.41) is 0.333. The van der Waals surface area contributed by atoms with Crippen LogP contribution in [-0.2, 0) is 6.54 Å². The Morgan fingerprint density at radius 1 is 1.39 bits per heavy atom. The van der Waals surface area contributed by atoms with E-state index in [0.29, 0.717) is 33.9 Å². The molecule has 0 aliphatic heterocycles. The highest BCUT2D eigenvalue weighted by Gasteiger charge is 2.18. The summed E-state index contributed by atoms with van der Waals surface area (Å²) in [5.74, 6) is 0.217. The lowest BCUT2D eigenvalue weighted by molar-refractivity contribution is 0.0753. The maximum Gasteiger partial charge on any atom is 0.255 e. The van der Waals surface area contributed by atoms with Gasteiger partial charge in [0.25, 0.3) is 5.91 Å². The van der Waals surface area contributed by atoms with Crippen LogP contribution in [0.15, 0.2) is 24.4 Å². The van der Waals surface area contributed by atoms with Crippen molar-refractivity contribution >= 4 is 40.4 Å². The van der Waals surface area contributed by atoms with E-state index in [-0.39, 0.29) is 12.0 Å². The average Bonchev–Trinajstić information content (AvgIpc) is 2.91. The largest absolute Gasteiger partial charge is 0.474 e. The Morgan fingerprint density at radius 3 is 2.65 bits per heavy atom. The van der Waals surface area contributed by atoms with Gasteiger partial charge in [-0.2, -0.15) is 0 Å². The van der Waals surface area contributed by atoms with Gasteiger partial charge in [0, 0.05) is 17.6 Å². The zero-order valence-corrected chi connectivity index (χ0v) is 15.5. The summed E-state index contributed by atoms with van der Waals surface area (Å²) in [7, 11) is 0. The Balaban J connectivity index is 2.15. The van der Waals surface area contributed by atoms with E-state index in [2.05, 4.69) is 4.98 Å². The molecular weight excluding hydrogens is 355 g/mol. The summed E-state index contributed by atoms with van der Waals surface area (Å²) < 4.78 is 6.20. The second kappa shape index (κ2) is 7.99. The Labute approximate surface area is 150 Å². The number of thiophene rings is 1. The maximum absolute atomic E-state index is 12.6. The quantitative estimate of drug-likeness (QED) is 0.723. The molecule has 23 heavy (non-hydrogen) atoms. The van der Waals surface area contributed by atoms with Crippen molar-refractivity contribution in [3.63, 3.8) is 0 Å². The number of carbonyl (C=O) groups is 1. The van der Waals surface area contributed by atoms with Gasteiger partial charge < -0.3 is 9.64 Å². The van der Waals surface area contributed by atoms with Crippen LogP contribution in [0.4, 0.5) is 0 Å². The molecule has 0 saturated carbocycles. The predicted octanol–water partition coefficient (Wildman–Crippen LogP) is 4.90. The fourth-order valence-corrected chi connectivity index (χ4v) is 3.30. The highest BCUT2D eigenvalue weighted by atomic mass is 35.5. The molecule has 2 heterocycles. The molecule has 124 valence electrons. The lowest BCUT2D eigenvalue weighted by Gasteiger charge is -2.20. The number of nitrogens with zero attached hydrogens (tertiary/aromatic N) is 2. The Bertz CT molecular complexity index is 688. The molecule has 4 nitrogen and oxygen atoms in total. The monoisotopic (exact) mass is 372 g/mol. The van der Waals surface area contributed by atoms with Gasteiger partial charge in [-0.05, 0) is 39.0 Å². The van der Waals surface area contributed by atoms with E-state index >= 15 is 0 Å². The minimum Gasteiger partial charge on any atom is -0.474 e. The van der Waals surface area contributed by atoms with Crippen LogP contribution in [0.5, 0.6) is 5.88 Å². The van der Waals surface area contributed by atoms with Gasteiger partial charge in [-0.25, -0.2) is 4.98 Å². The molecule has 0 atom stereocenters. The van der Waals surface area contributed by atoms with Crippen molar-refractivity contribution in [2.75, 3.05) is 6.54 Å². The second-order valence-corrected chi connectivity index (χ2v) is 7.41. The van der Waals surface area contributed by atoms with Gasteiger partial charge in [0.15, 0.2) is 0 Å². The zero-order chi connectivity index (χ0) is 17.0. The van der Waals surface area contributed by atoms with Gasteiger partial charge in [-0.15, -0.1) is 11.3 Å². The number of aromatic nitrogens is 1. The summed E-state index contributed by atoms with van der Waals surface area (Å²) in [5.41, 5.74) is 0.440. The lowest BCUT2D eigenvalue weighted by atomic mass is 10.2. The van der Waals surface area contributed by atoms with Gasteiger partial charge >= 0.3 is 0 Å². The average molecular weight is 373 g/mol. The highest BCUT2D eigenvalue weighted by Crippen LogP contribution is 2.26. The molecule has 0 fully saturated rings. The van der Waals surface area contributed by atoms with Crippen molar-refractivity contribution in [3.8, 4) is 5.88 Å². The van der Waals surface area contributed by atoms with Gasteiger partial charge in [-0.3, -0.25) is 4.79 Å². The van der Waals surface area contributed by atoms with Crippen molar-refractivity contribution in [2.24, 2.45) is 0 Å². The van der Waals surface area contributed by atoms with Crippen molar-refractivity contribution in [2.45, 2.75) is 33.4 Å².